The summed E-state index contributed by atoms with van der Waals surface area (Å²) in [6, 6.07) is 8.76. The molecule has 0 aliphatic carbocycles. The van der Waals surface area contributed by atoms with Crippen LogP contribution in [0.5, 0.6) is 5.75 Å². The van der Waals surface area contributed by atoms with Crippen molar-refractivity contribution >= 4 is 11.6 Å². The number of anilines is 1. The molecule has 96 valence electrons. The van der Waals surface area contributed by atoms with Crippen LogP contribution in [-0.2, 0) is 4.79 Å². The van der Waals surface area contributed by atoms with E-state index < -0.39 is 0 Å². The van der Waals surface area contributed by atoms with Crippen molar-refractivity contribution in [2.45, 2.75) is 19.4 Å². The Kier molecular flexibility index (Phi) is 5.00. The fourth-order valence-electron chi connectivity index (χ4n) is 1.33. The van der Waals surface area contributed by atoms with E-state index in [9.17, 15) is 4.79 Å². The summed E-state index contributed by atoms with van der Waals surface area (Å²) in [5.74, 6) is 0.438. The molecule has 0 aromatic heterocycles. The number of carbonyl (C=O) groups is 1. The van der Waals surface area contributed by atoms with Crippen LogP contribution in [0.4, 0.5) is 5.69 Å². The molecule has 1 amide bonds. The van der Waals surface area contributed by atoms with E-state index in [0.717, 1.165) is 0 Å². The quantitative estimate of drug-likeness (QED) is 0.798. The van der Waals surface area contributed by atoms with Gasteiger partial charge >= 0.3 is 0 Å². The van der Waals surface area contributed by atoms with Crippen molar-refractivity contribution in [1.82, 2.24) is 4.90 Å². The van der Waals surface area contributed by atoms with Gasteiger partial charge in [-0.05, 0) is 31.2 Å². The van der Waals surface area contributed by atoms with E-state index >= 15 is 0 Å². The van der Waals surface area contributed by atoms with Crippen LogP contribution in [0.15, 0.2) is 24.3 Å². The number of hydrogen-bond acceptors (Lipinski definition) is 4. The molecule has 0 fully saturated rings. The third-order valence-electron chi connectivity index (χ3n) is 2.68. The summed E-state index contributed by atoms with van der Waals surface area (Å²) in [6.07, 6.45) is 0.310. The zero-order valence-corrected chi connectivity index (χ0v) is 10.6. The smallest absolute Gasteiger partial charge is 0.260 e. The van der Waals surface area contributed by atoms with E-state index in [0.29, 0.717) is 17.9 Å². The second kappa shape index (κ2) is 6.50. The van der Waals surface area contributed by atoms with Crippen LogP contribution in [-0.4, -0.2) is 30.5 Å². The number of likely N-dealkylation sites (N-methyl/N-ethyl adjacent to an activating group) is 1. The van der Waals surface area contributed by atoms with Gasteiger partial charge in [0.1, 0.15) is 5.75 Å². The Labute approximate surface area is 107 Å². The first kappa shape index (κ1) is 13.8. The molecule has 1 aromatic carbocycles. The molecule has 0 aliphatic heterocycles. The summed E-state index contributed by atoms with van der Waals surface area (Å²) >= 11 is 0. The predicted molar refractivity (Wildman–Crippen MR) is 68.8 cm³/mol. The highest BCUT2D eigenvalue weighted by Crippen LogP contribution is 2.13. The van der Waals surface area contributed by atoms with Crippen LogP contribution in [0.25, 0.3) is 0 Å². The van der Waals surface area contributed by atoms with Crippen LogP contribution in [0.2, 0.25) is 0 Å². The summed E-state index contributed by atoms with van der Waals surface area (Å²) in [7, 11) is 1.66. The van der Waals surface area contributed by atoms with Gasteiger partial charge in [0.2, 0.25) is 0 Å². The Balaban J connectivity index is 2.46. The van der Waals surface area contributed by atoms with Crippen molar-refractivity contribution in [3.8, 4) is 11.8 Å². The third kappa shape index (κ3) is 3.98. The minimum Gasteiger partial charge on any atom is -0.484 e. The fourth-order valence-corrected chi connectivity index (χ4v) is 1.33. The monoisotopic (exact) mass is 247 g/mol. The van der Waals surface area contributed by atoms with Gasteiger partial charge in [0.05, 0.1) is 12.5 Å². The topological polar surface area (TPSA) is 79.3 Å². The summed E-state index contributed by atoms with van der Waals surface area (Å²) in [6.45, 7) is 1.78. The zero-order valence-electron chi connectivity index (χ0n) is 10.6. The molecule has 0 radical (unpaired) electrons. The number of carbonyl (C=O) groups excluding carboxylic acids is 1. The van der Waals surface area contributed by atoms with Gasteiger partial charge in [-0.15, -0.1) is 0 Å². The van der Waals surface area contributed by atoms with Crippen LogP contribution in [0.1, 0.15) is 13.3 Å². The molecule has 5 nitrogen and oxygen atoms in total. The molecule has 1 unspecified atom stereocenters. The summed E-state index contributed by atoms with van der Waals surface area (Å²) in [5, 5.41) is 8.57. The number of benzene rings is 1. The maximum absolute atomic E-state index is 11.8. The fraction of sp³-hybridized carbons (Fsp3) is 0.385. The van der Waals surface area contributed by atoms with Gasteiger partial charge in [-0.3, -0.25) is 4.79 Å². The second-order valence-electron chi connectivity index (χ2n) is 4.07. The van der Waals surface area contributed by atoms with Gasteiger partial charge in [0, 0.05) is 18.8 Å². The van der Waals surface area contributed by atoms with Gasteiger partial charge in [0.15, 0.2) is 6.61 Å². The molecular formula is C13H17N3O2. The van der Waals surface area contributed by atoms with Gasteiger partial charge in [-0.2, -0.15) is 5.26 Å². The average Bonchev–Trinajstić information content (AvgIpc) is 2.37. The zero-order chi connectivity index (χ0) is 13.5. The highest BCUT2D eigenvalue weighted by molar-refractivity contribution is 5.77. The standard InChI is InChI=1S/C13H17N3O2/c1-10(7-8-14)16(2)13(17)9-18-12-5-3-11(15)4-6-12/h3-6,10H,7,9,15H2,1-2H3. The molecular weight excluding hydrogens is 230 g/mol. The number of hydrogen-bond donors (Lipinski definition) is 1. The maximum atomic E-state index is 11.8. The van der Waals surface area contributed by atoms with Gasteiger partial charge in [-0.1, -0.05) is 0 Å². The molecule has 0 saturated heterocycles. The van der Waals surface area contributed by atoms with Crippen molar-refractivity contribution in [3.05, 3.63) is 24.3 Å². The summed E-state index contributed by atoms with van der Waals surface area (Å²) in [4.78, 5) is 13.3. The number of rotatable bonds is 5. The van der Waals surface area contributed by atoms with Crippen LogP contribution >= 0.6 is 0 Å². The minimum atomic E-state index is -0.158. The van der Waals surface area contributed by atoms with E-state index in [1.807, 2.05) is 13.0 Å². The molecule has 0 bridgehead atoms. The lowest BCUT2D eigenvalue weighted by Crippen LogP contribution is -2.38. The van der Waals surface area contributed by atoms with E-state index in [1.165, 1.54) is 4.90 Å². The average molecular weight is 247 g/mol. The SMILES string of the molecule is CC(CC#N)N(C)C(=O)COc1ccc(N)cc1. The Hall–Kier alpha value is -2.22. The first-order valence-electron chi connectivity index (χ1n) is 5.65. The number of ether oxygens (including phenoxy) is 1. The molecule has 0 aliphatic rings. The molecule has 0 heterocycles. The van der Waals surface area contributed by atoms with E-state index in [1.54, 1.807) is 31.3 Å². The Morgan fingerprint density at radius 3 is 2.67 bits per heavy atom. The molecule has 18 heavy (non-hydrogen) atoms. The molecule has 1 aromatic rings. The number of nitriles is 1. The summed E-state index contributed by atoms with van der Waals surface area (Å²) < 4.78 is 5.34. The number of amides is 1. The maximum Gasteiger partial charge on any atom is 0.260 e. The van der Waals surface area contributed by atoms with Gasteiger partial charge < -0.3 is 15.4 Å². The van der Waals surface area contributed by atoms with E-state index in [4.69, 9.17) is 15.7 Å². The number of nitrogens with two attached hydrogens (primary N) is 1. The molecule has 1 atom stereocenters. The Morgan fingerprint density at radius 2 is 2.11 bits per heavy atom. The number of nitrogens with zero attached hydrogens (tertiary/aromatic N) is 2. The normalized spacial score (nSPS) is 11.4. The Bertz CT molecular complexity index is 437. The van der Waals surface area contributed by atoms with Crippen molar-refractivity contribution in [2.24, 2.45) is 0 Å². The molecule has 5 heteroatoms. The largest absolute Gasteiger partial charge is 0.484 e. The molecule has 0 saturated carbocycles. The van der Waals surface area contributed by atoms with Crippen molar-refractivity contribution in [1.29, 1.82) is 5.26 Å². The summed E-state index contributed by atoms with van der Waals surface area (Å²) in [5.41, 5.74) is 6.19. The molecule has 2 N–H and O–H groups in total. The Morgan fingerprint density at radius 1 is 1.50 bits per heavy atom. The lowest BCUT2D eigenvalue weighted by Gasteiger charge is -2.22. The highest BCUT2D eigenvalue weighted by Gasteiger charge is 2.15. The first-order chi connectivity index (χ1) is 8.54. The highest BCUT2D eigenvalue weighted by atomic mass is 16.5. The lowest BCUT2D eigenvalue weighted by molar-refractivity contribution is -0.133. The van der Waals surface area contributed by atoms with E-state index in [2.05, 4.69) is 0 Å². The van der Waals surface area contributed by atoms with Crippen molar-refractivity contribution in [2.75, 3.05) is 19.4 Å². The first-order valence-corrected chi connectivity index (χ1v) is 5.65. The van der Waals surface area contributed by atoms with Crippen LogP contribution in [0.3, 0.4) is 0 Å². The third-order valence-corrected chi connectivity index (χ3v) is 2.68. The number of nitrogen functional groups attached to an aromatic ring is 1. The van der Waals surface area contributed by atoms with Crippen molar-refractivity contribution in [3.63, 3.8) is 0 Å². The predicted octanol–water partition coefficient (Wildman–Crippen LogP) is 1.41. The lowest BCUT2D eigenvalue weighted by atomic mass is 10.2. The van der Waals surface area contributed by atoms with Gasteiger partial charge in [-0.25, -0.2) is 0 Å². The van der Waals surface area contributed by atoms with E-state index in [-0.39, 0.29) is 18.6 Å². The van der Waals surface area contributed by atoms with Crippen molar-refractivity contribution < 1.29 is 9.53 Å². The molecule has 1 rings (SSSR count). The van der Waals surface area contributed by atoms with Gasteiger partial charge in [0.25, 0.3) is 5.91 Å². The molecule has 0 spiro atoms. The minimum absolute atomic E-state index is 0.0454. The van der Waals surface area contributed by atoms with Crippen LogP contribution in [0, 0.1) is 11.3 Å². The second-order valence-corrected chi connectivity index (χ2v) is 4.07. The van der Waals surface area contributed by atoms with Crippen LogP contribution < -0.4 is 10.5 Å².